The first-order valence-corrected chi connectivity index (χ1v) is 9.99. The van der Waals surface area contributed by atoms with Crippen molar-refractivity contribution in [3.63, 3.8) is 0 Å². The second-order valence-corrected chi connectivity index (χ2v) is 8.11. The van der Waals surface area contributed by atoms with E-state index in [1.54, 1.807) is 0 Å². The molecule has 3 saturated heterocycles. The number of benzene rings is 2. The minimum atomic E-state index is -1.74. The molecule has 1 unspecified atom stereocenters. The third kappa shape index (κ3) is 2.70. The molecule has 2 bridgehead atoms. The van der Waals surface area contributed by atoms with Gasteiger partial charge in [0.15, 0.2) is 0 Å². The van der Waals surface area contributed by atoms with Gasteiger partial charge in [0.25, 0.3) is 0 Å². The number of hydrogen-bond donors (Lipinski definition) is 1. The summed E-state index contributed by atoms with van der Waals surface area (Å²) in [5.41, 5.74) is 1.63. The van der Waals surface area contributed by atoms with Gasteiger partial charge in [-0.3, -0.25) is 4.90 Å². The van der Waals surface area contributed by atoms with Crippen molar-refractivity contribution in [1.29, 1.82) is 0 Å². The molecular weight excluding hydrogens is 338 g/mol. The number of ether oxygens (including phenoxy) is 1. The molecule has 1 aliphatic carbocycles. The Labute approximate surface area is 159 Å². The van der Waals surface area contributed by atoms with Crippen molar-refractivity contribution in [1.82, 2.24) is 4.90 Å². The molecule has 0 radical (unpaired) electrons. The molecule has 27 heavy (non-hydrogen) atoms. The standard InChI is InChI=1S/C23H25NO3/c25-22(27-21-15-24-13-11-18(21)12-14-24)23(26)19-7-3-1-5-16(19)9-10-17-6-2-4-8-20(17)23/h1-8,18,21,26H,9-15H2. The fraction of sp³-hybridized carbons (Fsp3) is 0.435. The fourth-order valence-electron chi connectivity index (χ4n) is 5.08. The molecule has 2 aromatic carbocycles. The van der Waals surface area contributed by atoms with Gasteiger partial charge in [-0.25, -0.2) is 4.79 Å². The maximum absolute atomic E-state index is 13.5. The molecule has 3 fully saturated rings. The number of fused-ring (bicyclic) bond motifs is 5. The van der Waals surface area contributed by atoms with Crippen LogP contribution >= 0.6 is 0 Å². The highest BCUT2D eigenvalue weighted by atomic mass is 16.6. The van der Waals surface area contributed by atoms with E-state index in [1.807, 2.05) is 48.5 Å². The maximum Gasteiger partial charge on any atom is 0.348 e. The van der Waals surface area contributed by atoms with Crippen molar-refractivity contribution in [3.8, 4) is 0 Å². The number of esters is 1. The number of aliphatic hydroxyl groups is 1. The number of carbonyl (C=O) groups is 1. The van der Waals surface area contributed by atoms with Crippen molar-refractivity contribution >= 4 is 5.97 Å². The number of hydrogen-bond acceptors (Lipinski definition) is 4. The summed E-state index contributed by atoms with van der Waals surface area (Å²) >= 11 is 0. The lowest BCUT2D eigenvalue weighted by Crippen LogP contribution is -2.53. The van der Waals surface area contributed by atoms with Crippen LogP contribution < -0.4 is 0 Å². The number of rotatable bonds is 2. The lowest BCUT2D eigenvalue weighted by Gasteiger charge is -2.44. The zero-order valence-electron chi connectivity index (χ0n) is 15.4. The summed E-state index contributed by atoms with van der Waals surface area (Å²) in [7, 11) is 0. The summed E-state index contributed by atoms with van der Waals surface area (Å²) in [6.45, 7) is 2.97. The highest BCUT2D eigenvalue weighted by Crippen LogP contribution is 2.40. The number of nitrogens with zero attached hydrogens (tertiary/aromatic N) is 1. The molecule has 3 aliphatic heterocycles. The van der Waals surface area contributed by atoms with E-state index in [-0.39, 0.29) is 6.10 Å². The second-order valence-electron chi connectivity index (χ2n) is 8.11. The molecule has 1 atom stereocenters. The van der Waals surface area contributed by atoms with Gasteiger partial charge < -0.3 is 9.84 Å². The SMILES string of the molecule is O=C(OC1CN2CCC1CC2)C1(O)c2ccccc2CCc2ccccc21. The zero-order valence-corrected chi connectivity index (χ0v) is 15.4. The van der Waals surface area contributed by atoms with Crippen LogP contribution in [0.3, 0.4) is 0 Å². The molecule has 4 heteroatoms. The fourth-order valence-corrected chi connectivity index (χ4v) is 5.08. The van der Waals surface area contributed by atoms with Gasteiger partial charge in [0, 0.05) is 17.7 Å². The van der Waals surface area contributed by atoms with E-state index < -0.39 is 11.6 Å². The number of carbonyl (C=O) groups excluding carboxylic acids is 1. The van der Waals surface area contributed by atoms with E-state index in [0.717, 1.165) is 56.4 Å². The highest BCUT2D eigenvalue weighted by molar-refractivity contribution is 5.87. The average Bonchev–Trinajstić information content (AvgIpc) is 2.85. The van der Waals surface area contributed by atoms with Crippen LogP contribution in [-0.4, -0.2) is 41.7 Å². The Hall–Kier alpha value is -2.17. The molecule has 2 aromatic rings. The Morgan fingerprint density at radius 3 is 2.04 bits per heavy atom. The van der Waals surface area contributed by atoms with E-state index >= 15 is 0 Å². The molecule has 1 N–H and O–H groups in total. The quantitative estimate of drug-likeness (QED) is 0.834. The Morgan fingerprint density at radius 1 is 0.963 bits per heavy atom. The smallest absolute Gasteiger partial charge is 0.348 e. The first-order valence-electron chi connectivity index (χ1n) is 9.99. The van der Waals surface area contributed by atoms with E-state index in [1.165, 1.54) is 0 Å². The van der Waals surface area contributed by atoms with E-state index in [2.05, 4.69) is 4.90 Å². The van der Waals surface area contributed by atoms with Crippen molar-refractivity contribution in [2.45, 2.75) is 37.4 Å². The minimum absolute atomic E-state index is 0.119. The highest BCUT2D eigenvalue weighted by Gasteiger charge is 2.48. The van der Waals surface area contributed by atoms with Crippen molar-refractivity contribution < 1.29 is 14.6 Å². The summed E-state index contributed by atoms with van der Waals surface area (Å²) in [4.78, 5) is 15.8. The van der Waals surface area contributed by atoms with Gasteiger partial charge >= 0.3 is 5.97 Å². The zero-order chi connectivity index (χ0) is 18.4. The summed E-state index contributed by atoms with van der Waals surface area (Å²) in [6, 6.07) is 15.5. The lowest BCUT2D eigenvalue weighted by molar-refractivity contribution is -0.177. The average molecular weight is 363 g/mol. The van der Waals surface area contributed by atoms with Gasteiger partial charge in [0.2, 0.25) is 5.60 Å². The molecule has 140 valence electrons. The summed E-state index contributed by atoms with van der Waals surface area (Å²) in [5, 5.41) is 11.8. The number of aryl methyl sites for hydroxylation is 2. The Bertz CT molecular complexity index is 822. The third-order valence-electron chi connectivity index (χ3n) is 6.63. The van der Waals surface area contributed by atoms with Gasteiger partial charge in [-0.2, -0.15) is 0 Å². The van der Waals surface area contributed by atoms with Crippen LogP contribution in [0.5, 0.6) is 0 Å². The number of piperidine rings is 3. The molecule has 3 heterocycles. The summed E-state index contributed by atoms with van der Waals surface area (Å²) in [5.74, 6) is -0.109. The molecule has 4 nitrogen and oxygen atoms in total. The van der Waals surface area contributed by atoms with Crippen molar-refractivity contribution in [3.05, 3.63) is 70.8 Å². The molecule has 0 amide bonds. The van der Waals surface area contributed by atoms with E-state index in [9.17, 15) is 9.90 Å². The monoisotopic (exact) mass is 363 g/mol. The molecular formula is C23H25NO3. The van der Waals surface area contributed by atoms with Crippen molar-refractivity contribution in [2.75, 3.05) is 19.6 Å². The van der Waals surface area contributed by atoms with Crippen LogP contribution in [0.15, 0.2) is 48.5 Å². The Balaban J connectivity index is 1.56. The lowest BCUT2D eigenvalue weighted by atomic mass is 9.82. The summed E-state index contributed by atoms with van der Waals surface area (Å²) in [6.07, 6.45) is 3.64. The van der Waals surface area contributed by atoms with Crippen molar-refractivity contribution in [2.24, 2.45) is 5.92 Å². The van der Waals surface area contributed by atoms with Gasteiger partial charge in [-0.05, 0) is 55.8 Å². The minimum Gasteiger partial charge on any atom is -0.458 e. The van der Waals surface area contributed by atoms with Crippen LogP contribution in [0.1, 0.15) is 35.1 Å². The first-order chi connectivity index (χ1) is 13.2. The van der Waals surface area contributed by atoms with Crippen LogP contribution in [0.4, 0.5) is 0 Å². The predicted molar refractivity (Wildman–Crippen MR) is 102 cm³/mol. The van der Waals surface area contributed by atoms with Crippen LogP contribution in [-0.2, 0) is 28.0 Å². The third-order valence-corrected chi connectivity index (χ3v) is 6.63. The molecule has 0 spiro atoms. The largest absolute Gasteiger partial charge is 0.458 e. The van der Waals surface area contributed by atoms with Gasteiger partial charge in [0.05, 0.1) is 0 Å². The molecule has 6 rings (SSSR count). The van der Waals surface area contributed by atoms with Crippen LogP contribution in [0.2, 0.25) is 0 Å². The van der Waals surface area contributed by atoms with Crippen LogP contribution in [0.25, 0.3) is 0 Å². The normalized spacial score (nSPS) is 28.0. The molecule has 0 aromatic heterocycles. The van der Waals surface area contributed by atoms with E-state index in [0.29, 0.717) is 17.0 Å². The first kappa shape index (κ1) is 17.0. The molecule has 0 saturated carbocycles. The van der Waals surface area contributed by atoms with Crippen LogP contribution in [0, 0.1) is 5.92 Å². The predicted octanol–water partition coefficient (Wildman–Crippen LogP) is 2.66. The van der Waals surface area contributed by atoms with Gasteiger partial charge in [-0.15, -0.1) is 0 Å². The second kappa shape index (κ2) is 6.47. The maximum atomic E-state index is 13.5. The molecule has 4 aliphatic rings. The Kier molecular flexibility index (Phi) is 4.06. The van der Waals surface area contributed by atoms with E-state index in [4.69, 9.17) is 4.74 Å². The van der Waals surface area contributed by atoms with Gasteiger partial charge in [-0.1, -0.05) is 48.5 Å². The van der Waals surface area contributed by atoms with Gasteiger partial charge in [0.1, 0.15) is 6.10 Å². The Morgan fingerprint density at radius 2 is 1.52 bits per heavy atom. The topological polar surface area (TPSA) is 49.8 Å². The summed E-state index contributed by atoms with van der Waals surface area (Å²) < 4.78 is 6.01.